The van der Waals surface area contributed by atoms with E-state index in [2.05, 4.69) is 0 Å². The van der Waals surface area contributed by atoms with Crippen molar-refractivity contribution in [2.75, 3.05) is 7.05 Å². The normalized spacial score (nSPS) is 18.9. The fraction of sp³-hybridized carbons (Fsp3) is 0.263. The van der Waals surface area contributed by atoms with Crippen LogP contribution in [0.2, 0.25) is 5.02 Å². The monoisotopic (exact) mass is 342 g/mol. The van der Waals surface area contributed by atoms with E-state index in [0.29, 0.717) is 17.1 Å². The number of carbonyl (C=O) groups is 2. The molecular weight excluding hydrogens is 324 g/mol. The first-order chi connectivity index (χ1) is 11.5. The molecule has 1 aliphatic carbocycles. The Morgan fingerprint density at radius 2 is 1.96 bits per heavy atom. The van der Waals surface area contributed by atoms with Crippen LogP contribution < -0.4 is 5.73 Å². The zero-order valence-corrected chi connectivity index (χ0v) is 14.2. The Labute approximate surface area is 146 Å². The minimum absolute atomic E-state index is 0.00721. The molecule has 0 aromatic heterocycles. The van der Waals surface area contributed by atoms with E-state index in [1.165, 1.54) is 0 Å². The first kappa shape index (κ1) is 16.5. The van der Waals surface area contributed by atoms with Crippen molar-refractivity contribution in [2.24, 2.45) is 11.7 Å². The number of rotatable bonds is 5. The van der Waals surface area contributed by atoms with Crippen LogP contribution in [-0.2, 0) is 11.3 Å². The molecule has 0 saturated heterocycles. The highest BCUT2D eigenvalue weighted by Gasteiger charge is 2.45. The zero-order valence-electron chi connectivity index (χ0n) is 13.4. The van der Waals surface area contributed by atoms with Crippen molar-refractivity contribution >= 4 is 23.4 Å². The molecule has 24 heavy (non-hydrogen) atoms. The van der Waals surface area contributed by atoms with Gasteiger partial charge in [0.15, 0.2) is 0 Å². The predicted octanol–water partition coefficient (Wildman–Crippen LogP) is 3.20. The fourth-order valence-corrected chi connectivity index (χ4v) is 3.23. The molecule has 2 aromatic carbocycles. The number of hydrogen-bond acceptors (Lipinski definition) is 2. The molecular formula is C19H19ClN2O2. The van der Waals surface area contributed by atoms with Gasteiger partial charge in [-0.25, -0.2) is 0 Å². The van der Waals surface area contributed by atoms with Crippen molar-refractivity contribution in [1.29, 1.82) is 0 Å². The van der Waals surface area contributed by atoms with Gasteiger partial charge in [0.25, 0.3) is 0 Å². The predicted molar refractivity (Wildman–Crippen MR) is 93.7 cm³/mol. The summed E-state index contributed by atoms with van der Waals surface area (Å²) < 4.78 is 0. The maximum Gasteiger partial charge on any atom is 0.248 e. The van der Waals surface area contributed by atoms with E-state index in [9.17, 15) is 9.59 Å². The van der Waals surface area contributed by atoms with Crippen molar-refractivity contribution in [3.63, 3.8) is 0 Å². The summed E-state index contributed by atoms with van der Waals surface area (Å²) in [6.07, 6.45) is 0.852. The lowest BCUT2D eigenvalue weighted by molar-refractivity contribution is -0.131. The molecule has 2 aromatic rings. The highest BCUT2D eigenvalue weighted by molar-refractivity contribution is 6.30. The molecule has 5 heteroatoms. The summed E-state index contributed by atoms with van der Waals surface area (Å²) in [6.45, 7) is 0.457. The van der Waals surface area contributed by atoms with Crippen molar-refractivity contribution in [3.8, 4) is 0 Å². The number of nitrogens with zero attached hydrogens (tertiary/aromatic N) is 1. The largest absolute Gasteiger partial charge is 0.366 e. The minimum Gasteiger partial charge on any atom is -0.366 e. The Balaban J connectivity index is 1.64. The fourth-order valence-electron chi connectivity index (χ4n) is 3.03. The highest BCUT2D eigenvalue weighted by atomic mass is 35.5. The smallest absolute Gasteiger partial charge is 0.248 e. The molecule has 124 valence electrons. The third-order valence-electron chi connectivity index (χ3n) is 4.39. The van der Waals surface area contributed by atoms with Crippen LogP contribution in [0.3, 0.4) is 0 Å². The van der Waals surface area contributed by atoms with Gasteiger partial charge in [-0.15, -0.1) is 0 Å². The lowest BCUT2D eigenvalue weighted by Gasteiger charge is -2.18. The molecule has 2 unspecified atom stereocenters. The van der Waals surface area contributed by atoms with Gasteiger partial charge in [0.1, 0.15) is 0 Å². The van der Waals surface area contributed by atoms with Crippen LogP contribution in [0.15, 0.2) is 48.5 Å². The van der Waals surface area contributed by atoms with Crippen LogP contribution in [0.1, 0.15) is 33.8 Å². The van der Waals surface area contributed by atoms with Crippen LogP contribution in [-0.4, -0.2) is 23.8 Å². The van der Waals surface area contributed by atoms with E-state index in [4.69, 9.17) is 17.3 Å². The molecule has 0 radical (unpaired) electrons. The lowest BCUT2D eigenvalue weighted by atomic mass is 10.1. The van der Waals surface area contributed by atoms with Gasteiger partial charge in [-0.1, -0.05) is 35.9 Å². The van der Waals surface area contributed by atoms with E-state index >= 15 is 0 Å². The topological polar surface area (TPSA) is 63.4 Å². The number of halogens is 1. The number of hydrogen-bond donors (Lipinski definition) is 1. The molecule has 1 saturated carbocycles. The van der Waals surface area contributed by atoms with E-state index in [1.807, 2.05) is 30.3 Å². The third-order valence-corrected chi connectivity index (χ3v) is 4.63. The number of benzene rings is 2. The van der Waals surface area contributed by atoms with Gasteiger partial charge >= 0.3 is 0 Å². The van der Waals surface area contributed by atoms with Crippen molar-refractivity contribution in [1.82, 2.24) is 4.90 Å². The van der Waals surface area contributed by atoms with Crippen molar-refractivity contribution in [2.45, 2.75) is 18.9 Å². The quantitative estimate of drug-likeness (QED) is 0.906. The van der Waals surface area contributed by atoms with Gasteiger partial charge in [-0.05, 0) is 47.7 Å². The van der Waals surface area contributed by atoms with Crippen LogP contribution >= 0.6 is 11.6 Å². The Bertz CT molecular complexity index is 790. The van der Waals surface area contributed by atoms with Crippen LogP contribution in [0.4, 0.5) is 0 Å². The van der Waals surface area contributed by atoms with Gasteiger partial charge < -0.3 is 10.6 Å². The minimum atomic E-state index is -0.464. The SMILES string of the molecule is CN(Cc1cccc(C(N)=O)c1)C(=O)C1CC1c1cccc(Cl)c1. The molecule has 1 aliphatic rings. The first-order valence-electron chi connectivity index (χ1n) is 7.85. The van der Waals surface area contributed by atoms with E-state index in [-0.39, 0.29) is 17.7 Å². The van der Waals surface area contributed by atoms with Crippen molar-refractivity contribution < 1.29 is 9.59 Å². The third kappa shape index (κ3) is 3.60. The van der Waals surface area contributed by atoms with Gasteiger partial charge in [-0.3, -0.25) is 9.59 Å². The molecule has 0 bridgehead atoms. The molecule has 4 nitrogen and oxygen atoms in total. The standard InChI is InChI=1S/C19H19ClN2O2/c1-22(11-12-4-2-6-14(8-12)18(21)23)19(24)17-10-16(17)13-5-3-7-15(20)9-13/h2-9,16-17H,10-11H2,1H3,(H2,21,23). The molecule has 2 atom stereocenters. The molecule has 0 aliphatic heterocycles. The van der Waals surface area contributed by atoms with Crippen LogP contribution in [0.25, 0.3) is 0 Å². The summed E-state index contributed by atoms with van der Waals surface area (Å²) >= 11 is 6.02. The van der Waals surface area contributed by atoms with Gasteiger partial charge in [0.05, 0.1) is 0 Å². The van der Waals surface area contributed by atoms with E-state index < -0.39 is 5.91 Å². The average molecular weight is 343 g/mol. The Kier molecular flexibility index (Phi) is 4.58. The second-order valence-electron chi connectivity index (χ2n) is 6.26. The highest BCUT2D eigenvalue weighted by Crippen LogP contribution is 2.48. The molecule has 2 amide bonds. The maximum atomic E-state index is 12.6. The molecule has 0 spiro atoms. The Hall–Kier alpha value is -2.33. The van der Waals surface area contributed by atoms with Crippen LogP contribution in [0, 0.1) is 5.92 Å². The molecule has 3 rings (SSSR count). The van der Waals surface area contributed by atoms with E-state index in [0.717, 1.165) is 17.5 Å². The summed E-state index contributed by atoms with van der Waals surface area (Å²) in [4.78, 5) is 25.6. The van der Waals surface area contributed by atoms with E-state index in [1.54, 1.807) is 30.1 Å². The summed E-state index contributed by atoms with van der Waals surface area (Å²) in [6, 6.07) is 14.8. The number of primary amides is 1. The second-order valence-corrected chi connectivity index (χ2v) is 6.70. The Morgan fingerprint density at radius 3 is 2.67 bits per heavy atom. The van der Waals surface area contributed by atoms with Gasteiger partial charge in [0, 0.05) is 30.1 Å². The summed E-state index contributed by atoms with van der Waals surface area (Å²) in [5.41, 5.74) is 7.76. The first-order valence-corrected chi connectivity index (χ1v) is 8.22. The van der Waals surface area contributed by atoms with Gasteiger partial charge in [-0.2, -0.15) is 0 Å². The molecule has 2 N–H and O–H groups in total. The Morgan fingerprint density at radius 1 is 1.21 bits per heavy atom. The second kappa shape index (κ2) is 6.65. The molecule has 1 fully saturated rings. The van der Waals surface area contributed by atoms with Crippen molar-refractivity contribution in [3.05, 3.63) is 70.2 Å². The van der Waals surface area contributed by atoms with Gasteiger partial charge in [0.2, 0.25) is 11.8 Å². The number of nitrogens with two attached hydrogens (primary N) is 1. The molecule has 0 heterocycles. The lowest BCUT2D eigenvalue weighted by Crippen LogP contribution is -2.28. The number of carbonyl (C=O) groups excluding carboxylic acids is 2. The average Bonchev–Trinajstić information content (AvgIpc) is 3.35. The number of amides is 2. The summed E-state index contributed by atoms with van der Waals surface area (Å²) in [5, 5.41) is 0.697. The van der Waals surface area contributed by atoms with Crippen LogP contribution in [0.5, 0.6) is 0 Å². The zero-order chi connectivity index (χ0) is 17.3. The maximum absolute atomic E-state index is 12.6. The summed E-state index contributed by atoms with van der Waals surface area (Å²) in [5.74, 6) is -0.0955. The summed E-state index contributed by atoms with van der Waals surface area (Å²) in [7, 11) is 1.78.